The number of carboxylic acid groups (broad SMARTS) is 1. The molecule has 0 unspecified atom stereocenters. The minimum Gasteiger partial charge on any atom is -0.481 e. The van der Waals surface area contributed by atoms with Crippen LogP contribution in [0.15, 0.2) is 12.2 Å². The molecule has 90 valence electrons. The van der Waals surface area contributed by atoms with Crippen LogP contribution in [0.4, 0.5) is 4.79 Å². The maximum absolute atomic E-state index is 11.6. The minimum absolute atomic E-state index is 0.210. The fraction of sp³-hybridized carbons (Fsp3) is 0.636. The van der Waals surface area contributed by atoms with E-state index in [2.05, 4.69) is 11.9 Å². The van der Waals surface area contributed by atoms with Crippen LogP contribution in [0.1, 0.15) is 19.8 Å². The highest BCUT2D eigenvalue weighted by molar-refractivity contribution is 5.80. The van der Waals surface area contributed by atoms with E-state index < -0.39 is 11.4 Å². The van der Waals surface area contributed by atoms with Crippen LogP contribution >= 0.6 is 0 Å². The van der Waals surface area contributed by atoms with E-state index >= 15 is 0 Å². The van der Waals surface area contributed by atoms with E-state index in [9.17, 15) is 9.59 Å². The van der Waals surface area contributed by atoms with Gasteiger partial charge < -0.3 is 15.3 Å². The van der Waals surface area contributed by atoms with Gasteiger partial charge in [-0.05, 0) is 19.8 Å². The lowest BCUT2D eigenvalue weighted by molar-refractivity contribution is -0.143. The number of urea groups is 1. The Kier molecular flexibility index (Phi) is 3.57. The van der Waals surface area contributed by atoms with Crippen LogP contribution in [-0.2, 0) is 4.79 Å². The molecule has 16 heavy (non-hydrogen) atoms. The van der Waals surface area contributed by atoms with E-state index in [1.54, 1.807) is 7.05 Å². The van der Waals surface area contributed by atoms with Gasteiger partial charge in [-0.1, -0.05) is 12.2 Å². The highest BCUT2D eigenvalue weighted by Gasteiger charge is 2.50. The lowest BCUT2D eigenvalue weighted by Crippen LogP contribution is -2.42. The highest BCUT2D eigenvalue weighted by Crippen LogP contribution is 2.45. The Bertz CT molecular complexity index is 321. The molecule has 1 fully saturated rings. The normalized spacial score (nSPS) is 16.4. The molecule has 0 aliphatic heterocycles. The van der Waals surface area contributed by atoms with Gasteiger partial charge in [0, 0.05) is 20.1 Å². The van der Waals surface area contributed by atoms with E-state index in [-0.39, 0.29) is 12.6 Å². The van der Waals surface area contributed by atoms with Gasteiger partial charge in [-0.3, -0.25) is 4.79 Å². The Hall–Kier alpha value is -1.52. The molecular formula is C11H18N2O3. The first-order valence-corrected chi connectivity index (χ1v) is 5.24. The molecule has 2 N–H and O–H groups in total. The van der Waals surface area contributed by atoms with Crippen molar-refractivity contribution in [3.05, 3.63) is 12.2 Å². The number of nitrogens with one attached hydrogen (secondary N) is 1. The lowest BCUT2D eigenvalue weighted by atomic mass is 10.1. The monoisotopic (exact) mass is 226 g/mol. The molecule has 1 saturated carbocycles. The Balaban J connectivity index is 2.35. The van der Waals surface area contributed by atoms with E-state index in [0.717, 1.165) is 5.57 Å². The number of aliphatic carboxylic acids is 1. The number of likely N-dealkylation sites (N-methyl/N-ethyl adjacent to an activating group) is 1. The number of carbonyl (C=O) groups is 2. The molecule has 5 heteroatoms. The van der Waals surface area contributed by atoms with Crippen molar-refractivity contribution in [3.8, 4) is 0 Å². The number of hydrogen-bond acceptors (Lipinski definition) is 2. The molecule has 0 aromatic heterocycles. The van der Waals surface area contributed by atoms with Crippen molar-refractivity contribution in [3.63, 3.8) is 0 Å². The van der Waals surface area contributed by atoms with Crippen LogP contribution in [0.5, 0.6) is 0 Å². The molecular weight excluding hydrogens is 208 g/mol. The number of rotatable bonds is 5. The first kappa shape index (κ1) is 12.5. The topological polar surface area (TPSA) is 69.6 Å². The zero-order valence-electron chi connectivity index (χ0n) is 9.75. The standard InChI is InChI=1S/C11H18N2O3/c1-8(2)6-13(3)10(16)12-7-11(4-5-11)9(14)15/h1,4-7H2,2-3H3,(H,12,16)(H,14,15). The number of hydrogen-bond donors (Lipinski definition) is 2. The van der Waals surface area contributed by atoms with Gasteiger partial charge in [0.15, 0.2) is 0 Å². The lowest BCUT2D eigenvalue weighted by Gasteiger charge is -2.19. The van der Waals surface area contributed by atoms with Crippen molar-refractivity contribution in [1.82, 2.24) is 10.2 Å². The molecule has 0 aromatic carbocycles. The van der Waals surface area contributed by atoms with Crippen molar-refractivity contribution >= 4 is 12.0 Å². The van der Waals surface area contributed by atoms with Gasteiger partial charge in [-0.15, -0.1) is 0 Å². The average Bonchev–Trinajstić information content (AvgIpc) is 2.93. The van der Waals surface area contributed by atoms with Crippen molar-refractivity contribution in [2.24, 2.45) is 5.41 Å². The fourth-order valence-electron chi connectivity index (χ4n) is 1.47. The van der Waals surface area contributed by atoms with Crippen molar-refractivity contribution in [2.75, 3.05) is 20.1 Å². The minimum atomic E-state index is -0.824. The summed E-state index contributed by atoms with van der Waals surface area (Å²) in [6.07, 6.45) is 1.29. The summed E-state index contributed by atoms with van der Waals surface area (Å²) in [6, 6.07) is -0.254. The first-order valence-electron chi connectivity index (χ1n) is 5.24. The predicted molar refractivity (Wildman–Crippen MR) is 60.1 cm³/mol. The molecule has 5 nitrogen and oxygen atoms in total. The van der Waals surface area contributed by atoms with Crippen molar-refractivity contribution < 1.29 is 14.7 Å². The van der Waals surface area contributed by atoms with E-state index in [1.165, 1.54) is 4.90 Å². The van der Waals surface area contributed by atoms with Gasteiger partial charge in [0.05, 0.1) is 5.41 Å². The summed E-state index contributed by atoms with van der Waals surface area (Å²) in [6.45, 7) is 6.24. The maximum atomic E-state index is 11.6. The third-order valence-electron chi connectivity index (χ3n) is 2.74. The zero-order chi connectivity index (χ0) is 12.3. The summed E-state index contributed by atoms with van der Waals surface area (Å²) in [5, 5.41) is 11.6. The molecule has 0 spiro atoms. The molecule has 0 atom stereocenters. The highest BCUT2D eigenvalue weighted by atomic mass is 16.4. The van der Waals surface area contributed by atoms with Crippen LogP contribution in [0.25, 0.3) is 0 Å². The summed E-state index contributed by atoms with van der Waals surface area (Å²) < 4.78 is 0. The van der Waals surface area contributed by atoms with E-state index in [4.69, 9.17) is 5.11 Å². The zero-order valence-corrected chi connectivity index (χ0v) is 9.75. The van der Waals surface area contributed by atoms with Crippen LogP contribution in [0.3, 0.4) is 0 Å². The van der Waals surface area contributed by atoms with Gasteiger partial charge in [-0.25, -0.2) is 4.79 Å². The molecule has 1 rings (SSSR count). The summed E-state index contributed by atoms with van der Waals surface area (Å²) in [5.41, 5.74) is 0.178. The van der Waals surface area contributed by atoms with Gasteiger partial charge in [0.25, 0.3) is 0 Å². The second-order valence-corrected chi connectivity index (χ2v) is 4.56. The largest absolute Gasteiger partial charge is 0.481 e. The Morgan fingerprint density at radius 2 is 2.06 bits per heavy atom. The fourth-order valence-corrected chi connectivity index (χ4v) is 1.47. The Labute approximate surface area is 95.1 Å². The molecule has 0 heterocycles. The van der Waals surface area contributed by atoms with E-state index in [1.807, 2.05) is 6.92 Å². The summed E-state index contributed by atoms with van der Waals surface area (Å²) in [5.74, 6) is -0.824. The van der Waals surface area contributed by atoms with Gasteiger partial charge in [0.1, 0.15) is 0 Å². The summed E-state index contributed by atoms with van der Waals surface area (Å²) in [7, 11) is 1.66. The summed E-state index contributed by atoms with van der Waals surface area (Å²) in [4.78, 5) is 23.9. The van der Waals surface area contributed by atoms with Crippen molar-refractivity contribution in [2.45, 2.75) is 19.8 Å². The maximum Gasteiger partial charge on any atom is 0.317 e. The summed E-state index contributed by atoms with van der Waals surface area (Å²) >= 11 is 0. The Morgan fingerprint density at radius 3 is 2.44 bits per heavy atom. The molecule has 1 aliphatic carbocycles. The van der Waals surface area contributed by atoms with E-state index in [0.29, 0.717) is 19.4 Å². The third-order valence-corrected chi connectivity index (χ3v) is 2.74. The smallest absolute Gasteiger partial charge is 0.317 e. The first-order chi connectivity index (χ1) is 7.37. The van der Waals surface area contributed by atoms with Gasteiger partial charge >= 0.3 is 12.0 Å². The quantitative estimate of drug-likeness (QED) is 0.689. The molecule has 0 aromatic rings. The molecule has 0 bridgehead atoms. The second-order valence-electron chi connectivity index (χ2n) is 4.56. The average molecular weight is 226 g/mol. The van der Waals surface area contributed by atoms with Crippen LogP contribution < -0.4 is 5.32 Å². The van der Waals surface area contributed by atoms with Gasteiger partial charge in [0.2, 0.25) is 0 Å². The molecule has 1 aliphatic rings. The van der Waals surface area contributed by atoms with Crippen LogP contribution in [0.2, 0.25) is 0 Å². The van der Waals surface area contributed by atoms with Crippen LogP contribution in [0, 0.1) is 5.41 Å². The molecule has 2 amide bonds. The molecule has 0 saturated heterocycles. The third kappa shape index (κ3) is 2.98. The Morgan fingerprint density at radius 1 is 1.50 bits per heavy atom. The molecule has 0 radical (unpaired) electrons. The number of nitrogens with zero attached hydrogens (tertiary/aromatic N) is 1. The van der Waals surface area contributed by atoms with Crippen LogP contribution in [-0.4, -0.2) is 42.1 Å². The number of amides is 2. The number of carboxylic acids is 1. The second kappa shape index (κ2) is 4.55. The SMILES string of the molecule is C=C(C)CN(C)C(=O)NCC1(C(=O)O)CC1. The van der Waals surface area contributed by atoms with Gasteiger partial charge in [-0.2, -0.15) is 0 Å². The number of carbonyl (C=O) groups excluding carboxylic acids is 1. The predicted octanol–water partition coefficient (Wildman–Crippen LogP) is 1.07. The van der Waals surface area contributed by atoms with Crippen molar-refractivity contribution in [1.29, 1.82) is 0 Å².